The first-order chi connectivity index (χ1) is 11.5. The van der Waals surface area contributed by atoms with E-state index in [1.165, 1.54) is 6.21 Å². The predicted molar refractivity (Wildman–Crippen MR) is 97.2 cm³/mol. The first-order valence-corrected chi connectivity index (χ1v) is 7.93. The van der Waals surface area contributed by atoms with E-state index in [4.69, 9.17) is 27.9 Å². The van der Waals surface area contributed by atoms with Gasteiger partial charge in [-0.15, -0.1) is 0 Å². The van der Waals surface area contributed by atoms with Crippen LogP contribution in [0.5, 0.6) is 0 Å². The molecule has 24 heavy (non-hydrogen) atoms. The molecule has 6 heteroatoms. The Hall–Kier alpha value is -2.30. The number of nitrogens with zero attached hydrogens (tertiary/aromatic N) is 1. The van der Waals surface area contributed by atoms with Gasteiger partial charge in [-0.25, -0.2) is 4.79 Å². The van der Waals surface area contributed by atoms with Gasteiger partial charge in [0.15, 0.2) is 0 Å². The number of ether oxygens (including phenoxy) is 1. The summed E-state index contributed by atoms with van der Waals surface area (Å²) >= 11 is 12.0. The Balaban J connectivity index is 2.47. The van der Waals surface area contributed by atoms with Gasteiger partial charge in [0.1, 0.15) is 11.3 Å². The number of hydrogen-bond acceptors (Lipinski definition) is 4. The first-order valence-electron chi connectivity index (χ1n) is 7.17. The SMILES string of the molecule is CCOC(=O)C(C=Nc1cccc(Cl)c1)=C(O)c1ccccc1Cl. The summed E-state index contributed by atoms with van der Waals surface area (Å²) in [6.45, 7) is 1.85. The lowest BCUT2D eigenvalue weighted by Crippen LogP contribution is -2.11. The van der Waals surface area contributed by atoms with E-state index in [9.17, 15) is 9.90 Å². The molecule has 2 aromatic carbocycles. The maximum Gasteiger partial charge on any atom is 0.343 e. The maximum absolute atomic E-state index is 12.2. The quantitative estimate of drug-likeness (QED) is 0.342. The molecule has 0 aliphatic carbocycles. The number of esters is 1. The van der Waals surface area contributed by atoms with Gasteiger partial charge in [-0.05, 0) is 37.3 Å². The lowest BCUT2D eigenvalue weighted by atomic mass is 10.1. The minimum absolute atomic E-state index is 0.0927. The van der Waals surface area contributed by atoms with Crippen molar-refractivity contribution in [3.63, 3.8) is 0 Å². The maximum atomic E-state index is 12.2. The average molecular weight is 364 g/mol. The number of carbonyl (C=O) groups excluding carboxylic acids is 1. The number of aliphatic imine (C=N–C) groups is 1. The number of aliphatic hydroxyl groups is 1. The van der Waals surface area contributed by atoms with E-state index in [1.807, 2.05) is 0 Å². The van der Waals surface area contributed by atoms with Crippen molar-refractivity contribution in [3.8, 4) is 0 Å². The van der Waals surface area contributed by atoms with Crippen LogP contribution in [0.3, 0.4) is 0 Å². The highest BCUT2D eigenvalue weighted by Crippen LogP contribution is 2.25. The molecule has 2 rings (SSSR count). The van der Waals surface area contributed by atoms with Crippen LogP contribution < -0.4 is 0 Å². The highest BCUT2D eigenvalue weighted by Gasteiger charge is 2.17. The summed E-state index contributed by atoms with van der Waals surface area (Å²) in [7, 11) is 0. The number of halogens is 2. The molecule has 124 valence electrons. The van der Waals surface area contributed by atoms with Gasteiger partial charge < -0.3 is 9.84 Å². The van der Waals surface area contributed by atoms with Crippen LogP contribution >= 0.6 is 23.2 Å². The van der Waals surface area contributed by atoms with Crippen molar-refractivity contribution in [2.75, 3.05) is 6.61 Å². The third kappa shape index (κ3) is 4.60. The van der Waals surface area contributed by atoms with Crippen molar-refractivity contribution >= 4 is 46.8 Å². The van der Waals surface area contributed by atoms with Gasteiger partial charge in [0.2, 0.25) is 0 Å². The van der Waals surface area contributed by atoms with Crippen LogP contribution in [0.1, 0.15) is 12.5 Å². The average Bonchev–Trinajstić information content (AvgIpc) is 2.55. The van der Waals surface area contributed by atoms with Crippen LogP contribution in [0.25, 0.3) is 5.76 Å². The molecule has 0 amide bonds. The molecule has 0 bridgehead atoms. The standard InChI is InChI=1S/C18H15Cl2NO3/c1-2-24-18(23)15(11-21-13-7-5-6-12(19)10-13)17(22)14-8-3-4-9-16(14)20/h3-11,22H,2H2,1H3. The van der Waals surface area contributed by atoms with Crippen molar-refractivity contribution in [2.24, 2.45) is 4.99 Å². The van der Waals surface area contributed by atoms with E-state index in [0.717, 1.165) is 0 Å². The van der Waals surface area contributed by atoms with E-state index in [2.05, 4.69) is 4.99 Å². The largest absolute Gasteiger partial charge is 0.506 e. The topological polar surface area (TPSA) is 58.9 Å². The van der Waals surface area contributed by atoms with Gasteiger partial charge in [-0.1, -0.05) is 41.4 Å². The highest BCUT2D eigenvalue weighted by molar-refractivity contribution is 6.32. The van der Waals surface area contributed by atoms with Crippen molar-refractivity contribution in [1.82, 2.24) is 0 Å². The van der Waals surface area contributed by atoms with Crippen LogP contribution in [-0.2, 0) is 9.53 Å². The van der Waals surface area contributed by atoms with Gasteiger partial charge in [0.05, 0.1) is 17.3 Å². The Bertz CT molecular complexity index is 800. The molecule has 0 aliphatic rings. The van der Waals surface area contributed by atoms with Crippen LogP contribution in [0, 0.1) is 0 Å². The van der Waals surface area contributed by atoms with Crippen LogP contribution in [-0.4, -0.2) is 23.9 Å². The van der Waals surface area contributed by atoms with Crippen molar-refractivity contribution in [1.29, 1.82) is 0 Å². The molecule has 0 atom stereocenters. The fraction of sp³-hybridized carbons (Fsp3) is 0.111. The van der Waals surface area contributed by atoms with Gasteiger partial charge in [0.25, 0.3) is 0 Å². The summed E-state index contributed by atoms with van der Waals surface area (Å²) in [5, 5.41) is 11.3. The van der Waals surface area contributed by atoms with Crippen molar-refractivity contribution in [3.05, 3.63) is 69.7 Å². The molecular formula is C18H15Cl2NO3. The molecule has 1 N–H and O–H groups in total. The Morgan fingerprint density at radius 2 is 1.96 bits per heavy atom. The van der Waals surface area contributed by atoms with E-state index in [0.29, 0.717) is 21.3 Å². The minimum atomic E-state index is -0.694. The van der Waals surface area contributed by atoms with Gasteiger partial charge in [-0.2, -0.15) is 0 Å². The summed E-state index contributed by atoms with van der Waals surface area (Å²) in [4.78, 5) is 16.3. The predicted octanol–water partition coefficient (Wildman–Crippen LogP) is 5.23. The molecule has 0 fully saturated rings. The highest BCUT2D eigenvalue weighted by atomic mass is 35.5. The summed E-state index contributed by atoms with van der Waals surface area (Å²) in [5.74, 6) is -0.995. The van der Waals surface area contributed by atoms with Gasteiger partial charge >= 0.3 is 5.97 Å². The third-order valence-electron chi connectivity index (χ3n) is 3.03. The Morgan fingerprint density at radius 1 is 1.21 bits per heavy atom. The van der Waals surface area contributed by atoms with E-state index in [-0.39, 0.29) is 17.9 Å². The Kier molecular flexibility index (Phi) is 6.41. The molecule has 0 saturated carbocycles. The molecule has 4 nitrogen and oxygen atoms in total. The molecule has 0 unspecified atom stereocenters. The summed E-state index contributed by atoms with van der Waals surface area (Å²) in [5.41, 5.74) is 0.765. The number of hydrogen-bond donors (Lipinski definition) is 1. The summed E-state index contributed by atoms with van der Waals surface area (Å²) < 4.78 is 4.98. The molecule has 0 aliphatic heterocycles. The smallest absolute Gasteiger partial charge is 0.343 e. The first kappa shape index (κ1) is 18.0. The van der Waals surface area contributed by atoms with Crippen LogP contribution in [0.4, 0.5) is 5.69 Å². The second kappa shape index (κ2) is 8.52. The zero-order chi connectivity index (χ0) is 17.5. The fourth-order valence-electron chi connectivity index (χ4n) is 1.91. The molecule has 0 heterocycles. The van der Waals surface area contributed by atoms with Crippen LogP contribution in [0.15, 0.2) is 59.1 Å². The van der Waals surface area contributed by atoms with Gasteiger partial charge in [-0.3, -0.25) is 4.99 Å². The van der Waals surface area contributed by atoms with Crippen molar-refractivity contribution < 1.29 is 14.6 Å². The Labute approximate surface area is 150 Å². The van der Waals surface area contributed by atoms with E-state index >= 15 is 0 Å². The monoisotopic (exact) mass is 363 g/mol. The number of carbonyl (C=O) groups is 1. The normalized spacial score (nSPS) is 12.1. The molecule has 2 aromatic rings. The molecule has 0 saturated heterocycles. The lowest BCUT2D eigenvalue weighted by Gasteiger charge is -2.08. The molecular weight excluding hydrogens is 349 g/mol. The Morgan fingerprint density at radius 3 is 2.62 bits per heavy atom. The summed E-state index contributed by atoms with van der Waals surface area (Å²) in [6, 6.07) is 13.4. The number of benzene rings is 2. The lowest BCUT2D eigenvalue weighted by molar-refractivity contribution is -0.137. The zero-order valence-corrected chi connectivity index (χ0v) is 14.4. The van der Waals surface area contributed by atoms with Gasteiger partial charge in [0, 0.05) is 16.8 Å². The molecule has 0 radical (unpaired) electrons. The van der Waals surface area contributed by atoms with E-state index in [1.54, 1.807) is 55.5 Å². The van der Waals surface area contributed by atoms with E-state index < -0.39 is 5.97 Å². The minimum Gasteiger partial charge on any atom is -0.506 e. The number of rotatable bonds is 5. The number of aliphatic hydroxyl groups excluding tert-OH is 1. The zero-order valence-electron chi connectivity index (χ0n) is 12.9. The third-order valence-corrected chi connectivity index (χ3v) is 3.60. The van der Waals surface area contributed by atoms with Crippen LogP contribution in [0.2, 0.25) is 10.0 Å². The molecule has 0 spiro atoms. The fourth-order valence-corrected chi connectivity index (χ4v) is 2.32. The second-order valence-electron chi connectivity index (χ2n) is 4.70. The van der Waals surface area contributed by atoms with Crippen molar-refractivity contribution in [2.45, 2.75) is 6.92 Å². The molecule has 0 aromatic heterocycles. The summed E-state index contributed by atoms with van der Waals surface area (Å²) in [6.07, 6.45) is 1.24. The second-order valence-corrected chi connectivity index (χ2v) is 5.54.